The van der Waals surface area contributed by atoms with Crippen molar-refractivity contribution in [2.75, 3.05) is 38.2 Å². The Kier molecular flexibility index (Phi) is 8.86. The van der Waals surface area contributed by atoms with Crippen molar-refractivity contribution in [3.05, 3.63) is 65.7 Å². The Hall–Kier alpha value is -2.90. The zero-order chi connectivity index (χ0) is 23.7. The average molecular weight is 454 g/mol. The first kappa shape index (κ1) is 24.7. The van der Waals surface area contributed by atoms with Gasteiger partial charge >= 0.3 is 6.09 Å². The molecular formula is C26H35N3O4. The molecule has 1 aliphatic rings. The molecule has 1 fully saturated rings. The Morgan fingerprint density at radius 2 is 1.67 bits per heavy atom. The SMILES string of the molecule is CC(C)(C)OC(=O)NC(Cc1ccccc1)C(=O)Nc1ccc(CCN2CCOCC2)cc1. The minimum Gasteiger partial charge on any atom is -0.444 e. The van der Waals surface area contributed by atoms with Gasteiger partial charge in [0.15, 0.2) is 0 Å². The third kappa shape index (κ3) is 8.86. The van der Waals surface area contributed by atoms with Gasteiger partial charge in [0.25, 0.3) is 0 Å². The summed E-state index contributed by atoms with van der Waals surface area (Å²) < 4.78 is 10.7. The Balaban J connectivity index is 1.59. The lowest BCUT2D eigenvalue weighted by molar-refractivity contribution is -0.118. The van der Waals surface area contributed by atoms with Gasteiger partial charge in [0.05, 0.1) is 13.2 Å². The summed E-state index contributed by atoms with van der Waals surface area (Å²) in [5, 5.41) is 5.65. The second-order valence-electron chi connectivity index (χ2n) is 9.28. The van der Waals surface area contributed by atoms with Crippen LogP contribution in [0.3, 0.4) is 0 Å². The van der Waals surface area contributed by atoms with Crippen molar-refractivity contribution in [1.82, 2.24) is 10.2 Å². The Labute approximate surface area is 196 Å². The van der Waals surface area contributed by atoms with Gasteiger partial charge in [-0.2, -0.15) is 0 Å². The predicted molar refractivity (Wildman–Crippen MR) is 129 cm³/mol. The number of ether oxygens (including phenoxy) is 2. The summed E-state index contributed by atoms with van der Waals surface area (Å²) in [7, 11) is 0. The molecule has 1 unspecified atom stereocenters. The Bertz CT molecular complexity index is 888. The first-order valence-electron chi connectivity index (χ1n) is 11.5. The highest BCUT2D eigenvalue weighted by Gasteiger charge is 2.25. The number of carbonyl (C=O) groups excluding carboxylic acids is 2. The number of hydrogen-bond acceptors (Lipinski definition) is 5. The molecule has 7 heteroatoms. The lowest BCUT2D eigenvalue weighted by Gasteiger charge is -2.26. The molecule has 0 aliphatic carbocycles. The summed E-state index contributed by atoms with van der Waals surface area (Å²) in [6.07, 6.45) is 0.700. The molecule has 0 bridgehead atoms. The zero-order valence-electron chi connectivity index (χ0n) is 19.8. The smallest absolute Gasteiger partial charge is 0.408 e. The highest BCUT2D eigenvalue weighted by Crippen LogP contribution is 2.14. The minimum absolute atomic E-state index is 0.286. The molecule has 2 N–H and O–H groups in total. The van der Waals surface area contributed by atoms with Crippen molar-refractivity contribution in [1.29, 1.82) is 0 Å². The molecule has 7 nitrogen and oxygen atoms in total. The van der Waals surface area contributed by atoms with E-state index in [1.54, 1.807) is 20.8 Å². The number of carbonyl (C=O) groups is 2. The van der Waals surface area contributed by atoms with Gasteiger partial charge < -0.3 is 20.1 Å². The van der Waals surface area contributed by atoms with Crippen LogP contribution in [0.2, 0.25) is 0 Å². The topological polar surface area (TPSA) is 79.9 Å². The van der Waals surface area contributed by atoms with E-state index in [0.717, 1.165) is 44.8 Å². The molecule has 0 radical (unpaired) electrons. The second-order valence-corrected chi connectivity index (χ2v) is 9.28. The van der Waals surface area contributed by atoms with E-state index in [4.69, 9.17) is 9.47 Å². The Morgan fingerprint density at radius 1 is 1.00 bits per heavy atom. The summed E-state index contributed by atoms with van der Waals surface area (Å²) >= 11 is 0. The first-order valence-corrected chi connectivity index (χ1v) is 11.5. The molecule has 33 heavy (non-hydrogen) atoms. The number of hydrogen-bond donors (Lipinski definition) is 2. The van der Waals surface area contributed by atoms with E-state index in [1.165, 1.54) is 5.56 Å². The van der Waals surface area contributed by atoms with Gasteiger partial charge in [0.1, 0.15) is 11.6 Å². The molecule has 1 saturated heterocycles. The normalized spacial score (nSPS) is 15.5. The summed E-state index contributed by atoms with van der Waals surface area (Å²) in [4.78, 5) is 27.8. The van der Waals surface area contributed by atoms with Crippen LogP contribution in [0.25, 0.3) is 0 Å². The van der Waals surface area contributed by atoms with Crippen LogP contribution in [0, 0.1) is 0 Å². The van der Waals surface area contributed by atoms with Crippen LogP contribution in [0.15, 0.2) is 54.6 Å². The Morgan fingerprint density at radius 3 is 2.30 bits per heavy atom. The quantitative estimate of drug-likeness (QED) is 0.638. The third-order valence-electron chi connectivity index (χ3n) is 5.33. The third-order valence-corrected chi connectivity index (χ3v) is 5.33. The van der Waals surface area contributed by atoms with Gasteiger partial charge in [-0.15, -0.1) is 0 Å². The maximum Gasteiger partial charge on any atom is 0.408 e. The highest BCUT2D eigenvalue weighted by atomic mass is 16.6. The standard InChI is InChI=1S/C26H35N3O4/c1-26(2,3)33-25(31)28-23(19-21-7-5-4-6-8-21)24(30)27-22-11-9-20(10-12-22)13-14-29-15-17-32-18-16-29/h4-12,23H,13-19H2,1-3H3,(H,27,30)(H,28,31). The van der Waals surface area contributed by atoms with E-state index < -0.39 is 17.7 Å². The maximum atomic E-state index is 13.0. The van der Waals surface area contributed by atoms with E-state index in [1.807, 2.05) is 54.6 Å². The van der Waals surface area contributed by atoms with Crippen LogP contribution in [0.1, 0.15) is 31.9 Å². The number of alkyl carbamates (subject to hydrolysis) is 1. The molecule has 2 amide bonds. The van der Waals surface area contributed by atoms with Gasteiger partial charge in [-0.05, 0) is 50.5 Å². The van der Waals surface area contributed by atoms with Crippen molar-refractivity contribution >= 4 is 17.7 Å². The average Bonchev–Trinajstić information content (AvgIpc) is 2.78. The molecule has 1 aliphatic heterocycles. The fourth-order valence-corrected chi connectivity index (χ4v) is 3.60. The molecule has 178 valence electrons. The molecule has 0 saturated carbocycles. The monoisotopic (exact) mass is 453 g/mol. The summed E-state index contributed by atoms with van der Waals surface area (Å²) in [6, 6.07) is 16.7. The van der Waals surface area contributed by atoms with Crippen molar-refractivity contribution in [3.8, 4) is 0 Å². The largest absolute Gasteiger partial charge is 0.444 e. The fourth-order valence-electron chi connectivity index (χ4n) is 3.60. The molecule has 1 heterocycles. The molecule has 2 aromatic carbocycles. The van der Waals surface area contributed by atoms with Crippen LogP contribution < -0.4 is 10.6 Å². The van der Waals surface area contributed by atoms with E-state index in [2.05, 4.69) is 15.5 Å². The number of rotatable bonds is 8. The number of morpholine rings is 1. The van der Waals surface area contributed by atoms with Crippen LogP contribution >= 0.6 is 0 Å². The van der Waals surface area contributed by atoms with Crippen molar-refractivity contribution in [2.24, 2.45) is 0 Å². The van der Waals surface area contributed by atoms with Crippen LogP contribution in [-0.2, 0) is 27.1 Å². The summed E-state index contributed by atoms with van der Waals surface area (Å²) in [5.74, 6) is -0.286. The van der Waals surface area contributed by atoms with E-state index >= 15 is 0 Å². The summed E-state index contributed by atoms with van der Waals surface area (Å²) in [6.45, 7) is 9.91. The number of nitrogens with zero attached hydrogens (tertiary/aromatic N) is 1. The molecule has 3 rings (SSSR count). The van der Waals surface area contributed by atoms with Crippen molar-refractivity contribution in [2.45, 2.75) is 45.3 Å². The number of anilines is 1. The number of nitrogens with one attached hydrogen (secondary N) is 2. The number of amides is 2. The summed E-state index contributed by atoms with van der Waals surface area (Å²) in [5.41, 5.74) is 2.22. The molecule has 2 aromatic rings. The fraction of sp³-hybridized carbons (Fsp3) is 0.462. The molecule has 0 aromatic heterocycles. The van der Waals surface area contributed by atoms with Crippen molar-refractivity contribution in [3.63, 3.8) is 0 Å². The maximum absolute atomic E-state index is 13.0. The van der Waals surface area contributed by atoms with Crippen molar-refractivity contribution < 1.29 is 19.1 Å². The highest BCUT2D eigenvalue weighted by molar-refractivity contribution is 5.96. The lowest BCUT2D eigenvalue weighted by Crippen LogP contribution is -2.47. The second kappa shape index (κ2) is 11.8. The molecule has 0 spiro atoms. The van der Waals surface area contributed by atoms with E-state index in [9.17, 15) is 9.59 Å². The zero-order valence-corrected chi connectivity index (χ0v) is 19.8. The first-order chi connectivity index (χ1) is 15.8. The lowest BCUT2D eigenvalue weighted by atomic mass is 10.1. The molecular weight excluding hydrogens is 418 g/mol. The number of benzene rings is 2. The van der Waals surface area contributed by atoms with Crippen LogP contribution in [-0.4, -0.2) is 61.4 Å². The van der Waals surface area contributed by atoms with Gasteiger partial charge in [-0.3, -0.25) is 9.69 Å². The van der Waals surface area contributed by atoms with Gasteiger partial charge in [-0.25, -0.2) is 4.79 Å². The van der Waals surface area contributed by atoms with E-state index in [0.29, 0.717) is 12.1 Å². The van der Waals surface area contributed by atoms with Gasteiger partial charge in [0.2, 0.25) is 5.91 Å². The van der Waals surface area contributed by atoms with Crippen LogP contribution in [0.5, 0.6) is 0 Å². The minimum atomic E-state index is -0.761. The van der Waals surface area contributed by atoms with Gasteiger partial charge in [0, 0.05) is 31.7 Å². The molecule has 1 atom stereocenters. The van der Waals surface area contributed by atoms with Gasteiger partial charge in [-0.1, -0.05) is 42.5 Å². The predicted octanol–water partition coefficient (Wildman–Crippen LogP) is 3.64. The van der Waals surface area contributed by atoms with E-state index in [-0.39, 0.29) is 5.91 Å². The van der Waals surface area contributed by atoms with Crippen LogP contribution in [0.4, 0.5) is 10.5 Å².